The Labute approximate surface area is 87.1 Å². The summed E-state index contributed by atoms with van der Waals surface area (Å²) in [6, 6.07) is 10.0. The molecule has 1 aromatic carbocycles. The molecule has 2 heterocycles. The Morgan fingerprint density at radius 2 is 2.13 bits per heavy atom. The highest BCUT2D eigenvalue weighted by Gasteiger charge is 2.17. The first-order valence-electron chi connectivity index (χ1n) is 4.89. The number of aromatic amines is 1. The molecule has 0 spiro atoms. The highest BCUT2D eigenvalue weighted by atomic mass is 16.1. The summed E-state index contributed by atoms with van der Waals surface area (Å²) >= 11 is 0. The minimum Gasteiger partial charge on any atom is -0.361 e. The number of carbonyl (C=O) groups excluding carboxylic acids is 1. The zero-order valence-corrected chi connectivity index (χ0v) is 8.08. The summed E-state index contributed by atoms with van der Waals surface area (Å²) in [5.41, 5.74) is 4.18. The molecule has 2 aromatic rings. The van der Waals surface area contributed by atoms with E-state index in [1.807, 2.05) is 36.5 Å². The number of rotatable bonds is 1. The molecule has 2 N–H and O–H groups in total. The molecular formula is C12H10N2O. The van der Waals surface area contributed by atoms with Gasteiger partial charge in [-0.15, -0.1) is 0 Å². The fourth-order valence-electron chi connectivity index (χ4n) is 1.89. The molecule has 1 aliphatic heterocycles. The van der Waals surface area contributed by atoms with Crippen LogP contribution < -0.4 is 5.32 Å². The van der Waals surface area contributed by atoms with E-state index < -0.39 is 0 Å². The lowest BCUT2D eigenvalue weighted by molar-refractivity contribution is -0.115. The second-order valence-electron chi connectivity index (χ2n) is 3.68. The molecule has 74 valence electrons. The molecular weight excluding hydrogens is 188 g/mol. The second kappa shape index (κ2) is 2.98. The van der Waals surface area contributed by atoms with E-state index in [2.05, 4.69) is 10.3 Å². The van der Waals surface area contributed by atoms with Crippen LogP contribution in [0.3, 0.4) is 0 Å². The normalized spacial score (nSPS) is 13.7. The highest BCUT2D eigenvalue weighted by Crippen LogP contribution is 2.28. The van der Waals surface area contributed by atoms with Crippen LogP contribution in [0.1, 0.15) is 5.56 Å². The summed E-state index contributed by atoms with van der Waals surface area (Å²) in [6.07, 6.45) is 2.39. The zero-order chi connectivity index (χ0) is 10.3. The summed E-state index contributed by atoms with van der Waals surface area (Å²) in [5, 5.41) is 2.85. The van der Waals surface area contributed by atoms with E-state index >= 15 is 0 Å². The molecule has 0 saturated heterocycles. The van der Waals surface area contributed by atoms with Crippen LogP contribution in [0.5, 0.6) is 0 Å². The van der Waals surface area contributed by atoms with Gasteiger partial charge in [-0.05, 0) is 29.3 Å². The molecule has 0 bridgehead atoms. The number of hydrogen-bond donors (Lipinski definition) is 2. The number of H-pyrrole nitrogens is 1. The molecule has 0 aliphatic carbocycles. The Balaban J connectivity index is 2.07. The van der Waals surface area contributed by atoms with Crippen molar-refractivity contribution in [3.8, 4) is 11.3 Å². The van der Waals surface area contributed by atoms with Gasteiger partial charge in [-0.2, -0.15) is 0 Å². The number of anilines is 1. The highest BCUT2D eigenvalue weighted by molar-refractivity contribution is 5.99. The smallest absolute Gasteiger partial charge is 0.228 e. The van der Waals surface area contributed by atoms with Crippen molar-refractivity contribution in [3.05, 3.63) is 42.1 Å². The van der Waals surface area contributed by atoms with Crippen LogP contribution in [0.25, 0.3) is 11.3 Å². The van der Waals surface area contributed by atoms with Gasteiger partial charge in [0, 0.05) is 17.6 Å². The lowest BCUT2D eigenvalue weighted by atomic mass is 10.1. The van der Waals surface area contributed by atoms with Gasteiger partial charge in [0.2, 0.25) is 5.91 Å². The van der Waals surface area contributed by atoms with Crippen molar-refractivity contribution in [2.24, 2.45) is 0 Å². The standard InChI is InChI=1S/C12H10N2O/c15-12-7-9-4-3-8(6-11(9)14-12)10-2-1-5-13-10/h1-6,13H,7H2,(H,14,15). The number of hydrogen-bond acceptors (Lipinski definition) is 1. The van der Waals surface area contributed by atoms with E-state index in [1.165, 1.54) is 0 Å². The van der Waals surface area contributed by atoms with Gasteiger partial charge in [0.25, 0.3) is 0 Å². The molecule has 1 aliphatic rings. The van der Waals surface area contributed by atoms with Crippen LogP contribution >= 0.6 is 0 Å². The molecule has 3 nitrogen and oxygen atoms in total. The largest absolute Gasteiger partial charge is 0.361 e. The van der Waals surface area contributed by atoms with E-state index in [-0.39, 0.29) is 5.91 Å². The molecule has 3 rings (SSSR count). The van der Waals surface area contributed by atoms with E-state index in [0.717, 1.165) is 22.5 Å². The second-order valence-corrected chi connectivity index (χ2v) is 3.68. The number of benzene rings is 1. The number of fused-ring (bicyclic) bond motifs is 1. The molecule has 0 unspecified atom stereocenters. The summed E-state index contributed by atoms with van der Waals surface area (Å²) in [7, 11) is 0. The third kappa shape index (κ3) is 1.32. The average Bonchev–Trinajstić information content (AvgIpc) is 2.82. The van der Waals surface area contributed by atoms with Gasteiger partial charge in [0.05, 0.1) is 6.42 Å². The Morgan fingerprint density at radius 1 is 1.20 bits per heavy atom. The quantitative estimate of drug-likeness (QED) is 0.724. The Bertz CT molecular complexity index is 514. The maximum absolute atomic E-state index is 11.2. The minimum atomic E-state index is 0.0774. The average molecular weight is 198 g/mol. The fourth-order valence-corrected chi connectivity index (χ4v) is 1.89. The van der Waals surface area contributed by atoms with Gasteiger partial charge in [-0.1, -0.05) is 12.1 Å². The van der Waals surface area contributed by atoms with Crippen molar-refractivity contribution >= 4 is 11.6 Å². The summed E-state index contributed by atoms with van der Waals surface area (Å²) in [6.45, 7) is 0. The first-order chi connectivity index (χ1) is 7.33. The first-order valence-corrected chi connectivity index (χ1v) is 4.89. The third-order valence-electron chi connectivity index (χ3n) is 2.64. The summed E-state index contributed by atoms with van der Waals surface area (Å²) in [5.74, 6) is 0.0774. The summed E-state index contributed by atoms with van der Waals surface area (Å²) < 4.78 is 0. The zero-order valence-electron chi connectivity index (χ0n) is 8.08. The van der Waals surface area contributed by atoms with Crippen LogP contribution in [-0.4, -0.2) is 10.9 Å². The van der Waals surface area contributed by atoms with Crippen LogP contribution in [0.15, 0.2) is 36.5 Å². The monoisotopic (exact) mass is 198 g/mol. The minimum absolute atomic E-state index is 0.0774. The van der Waals surface area contributed by atoms with Crippen LogP contribution in [-0.2, 0) is 11.2 Å². The number of aromatic nitrogens is 1. The Kier molecular flexibility index (Phi) is 1.65. The molecule has 1 aromatic heterocycles. The van der Waals surface area contributed by atoms with Crippen molar-refractivity contribution in [1.29, 1.82) is 0 Å². The molecule has 1 amide bonds. The molecule has 0 saturated carbocycles. The van der Waals surface area contributed by atoms with Crippen molar-refractivity contribution in [2.45, 2.75) is 6.42 Å². The van der Waals surface area contributed by atoms with Crippen molar-refractivity contribution in [3.63, 3.8) is 0 Å². The molecule has 15 heavy (non-hydrogen) atoms. The van der Waals surface area contributed by atoms with E-state index in [0.29, 0.717) is 6.42 Å². The molecule has 0 radical (unpaired) electrons. The van der Waals surface area contributed by atoms with Gasteiger partial charge in [-0.25, -0.2) is 0 Å². The Hall–Kier alpha value is -2.03. The molecule has 0 atom stereocenters. The van der Waals surface area contributed by atoms with Gasteiger partial charge in [0.15, 0.2) is 0 Å². The van der Waals surface area contributed by atoms with Crippen LogP contribution in [0.2, 0.25) is 0 Å². The SMILES string of the molecule is O=C1Cc2ccc(-c3ccc[nH]3)cc2N1. The maximum Gasteiger partial charge on any atom is 0.228 e. The van der Waals surface area contributed by atoms with Gasteiger partial charge in [0.1, 0.15) is 0 Å². The molecule has 0 fully saturated rings. The predicted molar refractivity (Wildman–Crippen MR) is 58.6 cm³/mol. The fraction of sp³-hybridized carbons (Fsp3) is 0.0833. The number of amides is 1. The topological polar surface area (TPSA) is 44.9 Å². The number of nitrogens with one attached hydrogen (secondary N) is 2. The lowest BCUT2D eigenvalue weighted by Crippen LogP contribution is -2.03. The van der Waals surface area contributed by atoms with Gasteiger partial charge in [-0.3, -0.25) is 4.79 Å². The predicted octanol–water partition coefficient (Wildman–Crippen LogP) is 2.18. The van der Waals surface area contributed by atoms with E-state index in [4.69, 9.17) is 0 Å². The first kappa shape index (κ1) is 8.29. The summed E-state index contributed by atoms with van der Waals surface area (Å²) in [4.78, 5) is 14.3. The lowest BCUT2D eigenvalue weighted by Gasteiger charge is -2.02. The van der Waals surface area contributed by atoms with Crippen LogP contribution in [0, 0.1) is 0 Å². The third-order valence-corrected chi connectivity index (χ3v) is 2.64. The van der Waals surface area contributed by atoms with Crippen molar-refractivity contribution in [1.82, 2.24) is 4.98 Å². The van der Waals surface area contributed by atoms with E-state index in [9.17, 15) is 4.79 Å². The Morgan fingerprint density at radius 3 is 2.93 bits per heavy atom. The van der Waals surface area contributed by atoms with Gasteiger partial charge >= 0.3 is 0 Å². The van der Waals surface area contributed by atoms with E-state index in [1.54, 1.807) is 0 Å². The molecule has 3 heteroatoms. The number of carbonyl (C=O) groups is 1. The van der Waals surface area contributed by atoms with Crippen molar-refractivity contribution in [2.75, 3.05) is 5.32 Å². The van der Waals surface area contributed by atoms with Gasteiger partial charge < -0.3 is 10.3 Å². The van der Waals surface area contributed by atoms with Crippen LogP contribution in [0.4, 0.5) is 5.69 Å². The van der Waals surface area contributed by atoms with Crippen molar-refractivity contribution < 1.29 is 4.79 Å². The maximum atomic E-state index is 11.2.